The van der Waals surface area contributed by atoms with E-state index in [1.54, 1.807) is 0 Å². The van der Waals surface area contributed by atoms with Crippen molar-refractivity contribution in [2.75, 3.05) is 0 Å². The third-order valence-electron chi connectivity index (χ3n) is 3.39. The monoisotopic (exact) mass is 292 g/mol. The molecule has 3 heteroatoms. The first kappa shape index (κ1) is 12.8. The molecule has 0 unspecified atom stereocenters. The molecule has 1 aliphatic heterocycles. The lowest BCUT2D eigenvalue weighted by Gasteiger charge is -2.18. The minimum atomic E-state index is -0.0107. The highest BCUT2D eigenvalue weighted by Crippen LogP contribution is 2.35. The average Bonchev–Trinajstić information content (AvgIpc) is 2.57. The van der Waals surface area contributed by atoms with E-state index in [0.717, 1.165) is 29.2 Å². The number of alkyl halides is 1. The van der Waals surface area contributed by atoms with E-state index in [9.17, 15) is 0 Å². The summed E-state index contributed by atoms with van der Waals surface area (Å²) in [6, 6.07) is 15.9. The van der Waals surface area contributed by atoms with Gasteiger partial charge in [0.1, 0.15) is 11.9 Å². The number of rotatable bonds is 1. The molecule has 0 N–H and O–H groups in total. The van der Waals surface area contributed by atoms with E-state index in [2.05, 4.69) is 6.07 Å². The van der Waals surface area contributed by atoms with Gasteiger partial charge in [0.2, 0.25) is 0 Å². The molecule has 3 rings (SSSR count). The number of ether oxygens (including phenoxy) is 1. The maximum atomic E-state index is 6.42. The van der Waals surface area contributed by atoms with Crippen LogP contribution in [0, 0.1) is 0 Å². The summed E-state index contributed by atoms with van der Waals surface area (Å²) >= 11 is 12.3. The summed E-state index contributed by atoms with van der Waals surface area (Å²) in [5.41, 5.74) is 2.30. The van der Waals surface area contributed by atoms with Gasteiger partial charge in [-0.2, -0.15) is 0 Å². The van der Waals surface area contributed by atoms with E-state index >= 15 is 0 Å². The SMILES string of the molecule is Clc1ccc([C@H]2C[C@H](Cl)Cc3ccccc3O2)cc1. The summed E-state index contributed by atoms with van der Waals surface area (Å²) in [5, 5.41) is 0.824. The van der Waals surface area contributed by atoms with Gasteiger partial charge in [-0.15, -0.1) is 11.6 Å². The van der Waals surface area contributed by atoms with E-state index in [-0.39, 0.29) is 11.5 Å². The van der Waals surface area contributed by atoms with Gasteiger partial charge in [0.15, 0.2) is 0 Å². The lowest BCUT2D eigenvalue weighted by Crippen LogP contribution is -2.11. The van der Waals surface area contributed by atoms with Crippen LogP contribution in [-0.4, -0.2) is 5.38 Å². The van der Waals surface area contributed by atoms with Crippen LogP contribution in [0.2, 0.25) is 5.02 Å². The van der Waals surface area contributed by atoms with Crippen LogP contribution in [0.3, 0.4) is 0 Å². The van der Waals surface area contributed by atoms with E-state index in [1.165, 1.54) is 5.56 Å². The van der Waals surface area contributed by atoms with Crippen molar-refractivity contribution in [1.82, 2.24) is 0 Å². The zero-order chi connectivity index (χ0) is 13.2. The third kappa shape index (κ3) is 2.88. The topological polar surface area (TPSA) is 9.23 Å². The van der Waals surface area contributed by atoms with Crippen LogP contribution in [0.5, 0.6) is 5.75 Å². The quantitative estimate of drug-likeness (QED) is 0.671. The first-order valence-corrected chi connectivity index (χ1v) is 7.18. The molecular formula is C16H14Cl2O. The number of hydrogen-bond donors (Lipinski definition) is 0. The van der Waals surface area contributed by atoms with Gasteiger partial charge in [0, 0.05) is 16.8 Å². The molecule has 0 spiro atoms. The van der Waals surface area contributed by atoms with Crippen LogP contribution in [0.4, 0.5) is 0 Å². The molecule has 0 amide bonds. The molecule has 0 bridgehead atoms. The summed E-state index contributed by atoms with van der Waals surface area (Å²) < 4.78 is 6.13. The number of fused-ring (bicyclic) bond motifs is 1. The Hall–Kier alpha value is -1.18. The standard InChI is InChI=1S/C16H14Cl2O/c17-13-7-5-11(6-8-13)16-10-14(18)9-12-3-1-2-4-15(12)19-16/h1-8,14,16H,9-10H2/t14-,16-/m1/s1. The summed E-state index contributed by atoms with van der Waals surface area (Å²) in [7, 11) is 0. The zero-order valence-corrected chi connectivity index (χ0v) is 11.9. The number of para-hydroxylation sites is 1. The van der Waals surface area contributed by atoms with Crippen molar-refractivity contribution in [2.24, 2.45) is 0 Å². The predicted octanol–water partition coefficient (Wildman–Crippen LogP) is 5.01. The van der Waals surface area contributed by atoms with Crippen LogP contribution in [0.15, 0.2) is 48.5 Å². The van der Waals surface area contributed by atoms with Crippen LogP contribution in [0.1, 0.15) is 23.7 Å². The average molecular weight is 293 g/mol. The van der Waals surface area contributed by atoms with Crippen molar-refractivity contribution in [1.29, 1.82) is 0 Å². The normalized spacial score (nSPS) is 22.2. The third-order valence-corrected chi connectivity index (χ3v) is 3.98. The Balaban J connectivity index is 1.93. The molecule has 98 valence electrons. The Kier molecular flexibility index (Phi) is 3.67. The van der Waals surface area contributed by atoms with Gasteiger partial charge in [0.25, 0.3) is 0 Å². The molecule has 1 aliphatic rings. The van der Waals surface area contributed by atoms with E-state index < -0.39 is 0 Å². The lowest BCUT2D eigenvalue weighted by atomic mass is 10.0. The highest BCUT2D eigenvalue weighted by molar-refractivity contribution is 6.30. The molecule has 0 aliphatic carbocycles. The van der Waals surface area contributed by atoms with E-state index in [0.29, 0.717) is 0 Å². The van der Waals surface area contributed by atoms with Crippen molar-refractivity contribution < 1.29 is 4.74 Å². The van der Waals surface area contributed by atoms with Gasteiger partial charge in [-0.25, -0.2) is 0 Å². The second kappa shape index (κ2) is 5.44. The Morgan fingerprint density at radius 1 is 1.00 bits per heavy atom. The molecule has 2 aromatic carbocycles. The summed E-state index contributed by atoms with van der Waals surface area (Å²) in [6.07, 6.45) is 1.64. The largest absolute Gasteiger partial charge is 0.485 e. The van der Waals surface area contributed by atoms with Gasteiger partial charge in [-0.1, -0.05) is 41.9 Å². The molecule has 0 fully saturated rings. The van der Waals surface area contributed by atoms with Gasteiger partial charge in [-0.3, -0.25) is 0 Å². The summed E-state index contributed by atoms with van der Waals surface area (Å²) in [6.45, 7) is 0. The fraction of sp³-hybridized carbons (Fsp3) is 0.250. The lowest BCUT2D eigenvalue weighted by molar-refractivity contribution is 0.201. The van der Waals surface area contributed by atoms with Gasteiger partial charge in [0.05, 0.1) is 0 Å². The Bertz CT molecular complexity index is 565. The first-order chi connectivity index (χ1) is 9.22. The fourth-order valence-corrected chi connectivity index (χ4v) is 2.88. The van der Waals surface area contributed by atoms with Gasteiger partial charge < -0.3 is 4.74 Å². The minimum Gasteiger partial charge on any atom is -0.485 e. The van der Waals surface area contributed by atoms with Crippen LogP contribution in [-0.2, 0) is 6.42 Å². The minimum absolute atomic E-state index is 0.0107. The van der Waals surface area contributed by atoms with Crippen LogP contribution >= 0.6 is 23.2 Å². The molecule has 0 radical (unpaired) electrons. The maximum absolute atomic E-state index is 6.42. The highest BCUT2D eigenvalue weighted by atomic mass is 35.5. The van der Waals surface area contributed by atoms with Gasteiger partial charge >= 0.3 is 0 Å². The molecule has 0 saturated heterocycles. The molecule has 19 heavy (non-hydrogen) atoms. The van der Waals surface area contributed by atoms with E-state index in [1.807, 2.05) is 42.5 Å². The molecule has 1 nitrogen and oxygen atoms in total. The second-order valence-corrected chi connectivity index (χ2v) is 5.86. The van der Waals surface area contributed by atoms with Crippen molar-refractivity contribution in [3.8, 4) is 5.75 Å². The molecule has 2 atom stereocenters. The molecule has 1 heterocycles. The number of benzene rings is 2. The maximum Gasteiger partial charge on any atom is 0.125 e. The molecule has 0 aromatic heterocycles. The van der Waals surface area contributed by atoms with Crippen LogP contribution in [0.25, 0.3) is 0 Å². The Labute approximate surface area is 123 Å². The molecule has 0 saturated carbocycles. The second-order valence-electron chi connectivity index (χ2n) is 4.80. The number of halogens is 2. The van der Waals surface area contributed by atoms with Gasteiger partial charge in [-0.05, 0) is 35.7 Å². The smallest absolute Gasteiger partial charge is 0.125 e. The highest BCUT2D eigenvalue weighted by Gasteiger charge is 2.24. The summed E-state index contributed by atoms with van der Waals surface area (Å²) in [5.74, 6) is 0.936. The van der Waals surface area contributed by atoms with Crippen molar-refractivity contribution in [3.05, 3.63) is 64.7 Å². The molecular weight excluding hydrogens is 279 g/mol. The molecule has 2 aromatic rings. The predicted molar refractivity (Wildman–Crippen MR) is 79.2 cm³/mol. The van der Waals surface area contributed by atoms with Crippen molar-refractivity contribution >= 4 is 23.2 Å². The fourth-order valence-electron chi connectivity index (χ4n) is 2.42. The Morgan fingerprint density at radius 3 is 2.53 bits per heavy atom. The first-order valence-electron chi connectivity index (χ1n) is 6.36. The van der Waals surface area contributed by atoms with Crippen molar-refractivity contribution in [3.63, 3.8) is 0 Å². The zero-order valence-electron chi connectivity index (χ0n) is 10.4. The Morgan fingerprint density at radius 2 is 1.74 bits per heavy atom. The van der Waals surface area contributed by atoms with Crippen LogP contribution < -0.4 is 4.74 Å². The van der Waals surface area contributed by atoms with Crippen molar-refractivity contribution in [2.45, 2.75) is 24.3 Å². The number of hydrogen-bond acceptors (Lipinski definition) is 1. The summed E-state index contributed by atoms with van der Waals surface area (Å²) in [4.78, 5) is 0. The van der Waals surface area contributed by atoms with E-state index in [4.69, 9.17) is 27.9 Å².